The highest BCUT2D eigenvalue weighted by Crippen LogP contribution is 2.31. The van der Waals surface area contributed by atoms with Crippen LogP contribution in [0, 0.1) is 10.1 Å². The first-order valence-corrected chi connectivity index (χ1v) is 9.72. The number of nitro groups is 1. The molecule has 0 atom stereocenters. The lowest BCUT2D eigenvalue weighted by Gasteiger charge is -2.19. The molecular weight excluding hydrogens is 370 g/mol. The second-order valence-electron chi connectivity index (χ2n) is 6.32. The largest absolute Gasteiger partial charge is 0.365 e. The van der Waals surface area contributed by atoms with Crippen molar-refractivity contribution in [1.29, 1.82) is 0 Å². The molecule has 0 aliphatic rings. The minimum Gasteiger partial charge on any atom is -0.365 e. The van der Waals surface area contributed by atoms with Crippen LogP contribution >= 0.6 is 0 Å². The summed E-state index contributed by atoms with van der Waals surface area (Å²) in [4.78, 5) is 18.3. The van der Waals surface area contributed by atoms with Crippen LogP contribution in [0.15, 0.2) is 47.6 Å². The molecule has 27 heavy (non-hydrogen) atoms. The summed E-state index contributed by atoms with van der Waals surface area (Å²) in [5, 5.41) is 11.5. The van der Waals surface area contributed by atoms with E-state index in [2.05, 4.69) is 9.71 Å². The summed E-state index contributed by atoms with van der Waals surface area (Å²) in [5.41, 5.74) is 1.01. The SMILES string of the molecule is CN(C)CCNS(=O)(=O)c1ccc(N(C)Cc2ccncc2)c([N+](=O)[O-])c1. The van der Waals surface area contributed by atoms with Gasteiger partial charge in [0.05, 0.1) is 9.82 Å². The predicted molar refractivity (Wildman–Crippen MR) is 103 cm³/mol. The van der Waals surface area contributed by atoms with Gasteiger partial charge in [0.1, 0.15) is 5.69 Å². The molecule has 0 amide bonds. The molecule has 146 valence electrons. The number of aromatic nitrogens is 1. The Labute approximate surface area is 158 Å². The van der Waals surface area contributed by atoms with Crippen molar-refractivity contribution in [3.8, 4) is 0 Å². The molecule has 0 bridgehead atoms. The molecule has 0 aliphatic heterocycles. The van der Waals surface area contributed by atoms with E-state index in [1.807, 2.05) is 31.1 Å². The lowest BCUT2D eigenvalue weighted by molar-refractivity contribution is -0.384. The van der Waals surface area contributed by atoms with Crippen molar-refractivity contribution in [3.05, 3.63) is 58.4 Å². The second-order valence-corrected chi connectivity index (χ2v) is 8.09. The highest BCUT2D eigenvalue weighted by molar-refractivity contribution is 7.89. The number of likely N-dealkylation sites (N-methyl/N-ethyl adjacent to an activating group) is 1. The highest BCUT2D eigenvalue weighted by atomic mass is 32.2. The third-order valence-electron chi connectivity index (χ3n) is 3.89. The minimum atomic E-state index is -3.82. The third kappa shape index (κ3) is 5.71. The van der Waals surface area contributed by atoms with Gasteiger partial charge in [-0.25, -0.2) is 13.1 Å². The van der Waals surface area contributed by atoms with Gasteiger partial charge in [-0.1, -0.05) is 0 Å². The Morgan fingerprint density at radius 2 is 1.81 bits per heavy atom. The molecule has 0 fully saturated rings. The molecule has 0 radical (unpaired) electrons. The van der Waals surface area contributed by atoms with Crippen LogP contribution in [0.5, 0.6) is 0 Å². The van der Waals surface area contributed by atoms with Gasteiger partial charge in [0.25, 0.3) is 5.69 Å². The van der Waals surface area contributed by atoms with Crippen LogP contribution in [-0.4, -0.2) is 57.5 Å². The summed E-state index contributed by atoms with van der Waals surface area (Å²) in [5.74, 6) is 0. The zero-order chi connectivity index (χ0) is 20.0. The molecule has 0 unspecified atom stereocenters. The number of benzene rings is 1. The van der Waals surface area contributed by atoms with Gasteiger partial charge in [-0.15, -0.1) is 0 Å². The number of rotatable bonds is 9. The Morgan fingerprint density at radius 1 is 1.15 bits per heavy atom. The lowest BCUT2D eigenvalue weighted by Crippen LogP contribution is -2.31. The molecule has 1 aromatic carbocycles. The molecule has 0 saturated carbocycles. The first-order valence-electron chi connectivity index (χ1n) is 8.23. The Kier molecular flexibility index (Phi) is 6.83. The van der Waals surface area contributed by atoms with E-state index in [1.165, 1.54) is 12.1 Å². The Balaban J connectivity index is 2.27. The number of pyridine rings is 1. The summed E-state index contributed by atoms with van der Waals surface area (Å²) in [6, 6.07) is 7.56. The number of nitro benzene ring substituents is 1. The van der Waals surface area contributed by atoms with Gasteiger partial charge < -0.3 is 9.80 Å². The maximum absolute atomic E-state index is 12.4. The summed E-state index contributed by atoms with van der Waals surface area (Å²) in [6.07, 6.45) is 3.29. The maximum atomic E-state index is 12.4. The number of nitrogens with one attached hydrogen (secondary N) is 1. The zero-order valence-corrected chi connectivity index (χ0v) is 16.3. The molecule has 2 rings (SSSR count). The average Bonchev–Trinajstić information content (AvgIpc) is 2.61. The van der Waals surface area contributed by atoms with Gasteiger partial charge in [-0.05, 0) is 43.9 Å². The van der Waals surface area contributed by atoms with Crippen molar-refractivity contribution >= 4 is 21.4 Å². The van der Waals surface area contributed by atoms with Gasteiger partial charge in [0.2, 0.25) is 10.0 Å². The lowest BCUT2D eigenvalue weighted by atomic mass is 10.2. The number of hydrogen-bond donors (Lipinski definition) is 1. The third-order valence-corrected chi connectivity index (χ3v) is 5.34. The van der Waals surface area contributed by atoms with E-state index in [0.717, 1.165) is 11.6 Å². The fourth-order valence-corrected chi connectivity index (χ4v) is 3.51. The van der Waals surface area contributed by atoms with Crippen molar-refractivity contribution in [2.45, 2.75) is 11.4 Å². The highest BCUT2D eigenvalue weighted by Gasteiger charge is 2.23. The number of hydrogen-bond acceptors (Lipinski definition) is 7. The predicted octanol–water partition coefficient (Wildman–Crippen LogP) is 1.47. The average molecular weight is 393 g/mol. The van der Waals surface area contributed by atoms with Gasteiger partial charge in [0.15, 0.2) is 0 Å². The van der Waals surface area contributed by atoms with Gasteiger partial charge in [-0.3, -0.25) is 15.1 Å². The quantitative estimate of drug-likeness (QED) is 0.507. The fourth-order valence-electron chi connectivity index (χ4n) is 2.47. The van der Waals surface area contributed by atoms with Crippen LogP contribution in [-0.2, 0) is 16.6 Å². The zero-order valence-electron chi connectivity index (χ0n) is 15.5. The first kappa shape index (κ1) is 20.7. The first-order chi connectivity index (χ1) is 12.7. The van der Waals surface area contributed by atoms with Gasteiger partial charge in [-0.2, -0.15) is 0 Å². The van der Waals surface area contributed by atoms with Crippen LogP contribution in [0.2, 0.25) is 0 Å². The van der Waals surface area contributed by atoms with Gasteiger partial charge >= 0.3 is 0 Å². The van der Waals surface area contributed by atoms with E-state index in [4.69, 9.17) is 0 Å². The van der Waals surface area contributed by atoms with E-state index < -0.39 is 14.9 Å². The van der Waals surface area contributed by atoms with Crippen molar-refractivity contribution in [2.24, 2.45) is 0 Å². The van der Waals surface area contributed by atoms with E-state index in [9.17, 15) is 18.5 Å². The number of anilines is 1. The normalized spacial score (nSPS) is 11.6. The topological polar surface area (TPSA) is 109 Å². The summed E-state index contributed by atoms with van der Waals surface area (Å²) >= 11 is 0. The maximum Gasteiger partial charge on any atom is 0.293 e. The van der Waals surface area contributed by atoms with Crippen LogP contribution in [0.25, 0.3) is 0 Å². The molecule has 1 heterocycles. The van der Waals surface area contributed by atoms with E-state index in [0.29, 0.717) is 18.8 Å². The molecule has 0 aliphatic carbocycles. The van der Waals surface area contributed by atoms with Crippen molar-refractivity contribution in [1.82, 2.24) is 14.6 Å². The molecule has 9 nitrogen and oxygen atoms in total. The van der Waals surface area contributed by atoms with Crippen molar-refractivity contribution in [2.75, 3.05) is 39.1 Å². The van der Waals surface area contributed by atoms with Gasteiger partial charge in [0, 0.05) is 45.1 Å². The number of nitrogens with zero attached hydrogens (tertiary/aromatic N) is 4. The van der Waals surface area contributed by atoms with E-state index in [1.54, 1.807) is 24.3 Å². The summed E-state index contributed by atoms with van der Waals surface area (Å²) < 4.78 is 27.2. The molecule has 2 aromatic rings. The summed E-state index contributed by atoms with van der Waals surface area (Å²) in [7, 11) is 1.55. The Bertz CT molecular complexity index is 887. The molecule has 0 spiro atoms. The summed E-state index contributed by atoms with van der Waals surface area (Å²) in [6.45, 7) is 1.16. The van der Waals surface area contributed by atoms with Crippen molar-refractivity contribution in [3.63, 3.8) is 0 Å². The van der Waals surface area contributed by atoms with Crippen LogP contribution < -0.4 is 9.62 Å². The standard InChI is InChI=1S/C17H23N5O4S/c1-20(2)11-10-19-27(25,26)15-4-5-16(17(12-15)22(23)24)21(3)13-14-6-8-18-9-7-14/h4-9,12,19H,10-11,13H2,1-3H3. The smallest absolute Gasteiger partial charge is 0.293 e. The minimum absolute atomic E-state index is 0.131. The Morgan fingerprint density at radius 3 is 2.41 bits per heavy atom. The number of sulfonamides is 1. The molecule has 1 N–H and O–H groups in total. The van der Waals surface area contributed by atoms with E-state index >= 15 is 0 Å². The van der Waals surface area contributed by atoms with Crippen LogP contribution in [0.1, 0.15) is 5.56 Å². The molecule has 1 aromatic heterocycles. The molecule has 0 saturated heterocycles. The molecule has 10 heteroatoms. The monoisotopic (exact) mass is 393 g/mol. The van der Waals surface area contributed by atoms with Crippen molar-refractivity contribution < 1.29 is 13.3 Å². The van der Waals surface area contributed by atoms with Crippen LogP contribution in [0.4, 0.5) is 11.4 Å². The fraction of sp³-hybridized carbons (Fsp3) is 0.353. The molecular formula is C17H23N5O4S. The second kappa shape index (κ2) is 8.89. The Hall–Kier alpha value is -2.56. The van der Waals surface area contributed by atoms with Crippen LogP contribution in [0.3, 0.4) is 0 Å². The van der Waals surface area contributed by atoms with E-state index in [-0.39, 0.29) is 17.1 Å².